The van der Waals surface area contributed by atoms with Crippen LogP contribution in [0.3, 0.4) is 0 Å². The number of nitrogens with one attached hydrogen (secondary N) is 1. The van der Waals surface area contributed by atoms with Crippen molar-refractivity contribution in [1.82, 2.24) is 14.9 Å². The molecule has 1 heterocycles. The molecule has 2 rings (SSSR count). The third kappa shape index (κ3) is 4.34. The molecule has 0 fully saturated rings. The quantitative estimate of drug-likeness (QED) is 0.888. The van der Waals surface area contributed by atoms with E-state index in [4.69, 9.17) is 4.74 Å². The van der Waals surface area contributed by atoms with Gasteiger partial charge in [-0.2, -0.15) is 0 Å². The smallest absolute Gasteiger partial charge is 0.254 e. The Morgan fingerprint density at radius 1 is 1.33 bits per heavy atom. The number of nitrogens with zero attached hydrogens (tertiary/aromatic N) is 2. The number of amides is 1. The zero-order valence-corrected chi connectivity index (χ0v) is 12.7. The fourth-order valence-corrected chi connectivity index (χ4v) is 1.86. The number of carbonyl (C=O) groups is 1. The Morgan fingerprint density at radius 3 is 2.62 bits per heavy atom. The minimum atomic E-state index is -0.0400. The number of aromatic amines is 1. The SMILES string of the molecule is CC(C)COc1ccc(C(=O)N(C)Cc2ncc[nH]2)cc1. The molecule has 5 heteroatoms. The predicted molar refractivity (Wildman–Crippen MR) is 81.2 cm³/mol. The van der Waals surface area contributed by atoms with Gasteiger partial charge in [0.1, 0.15) is 11.6 Å². The molecule has 0 spiro atoms. The molecular weight excluding hydrogens is 266 g/mol. The van der Waals surface area contributed by atoms with E-state index in [2.05, 4.69) is 23.8 Å². The summed E-state index contributed by atoms with van der Waals surface area (Å²) in [5.74, 6) is 1.99. The van der Waals surface area contributed by atoms with Crippen LogP contribution in [0.5, 0.6) is 5.75 Å². The van der Waals surface area contributed by atoms with E-state index in [1.165, 1.54) is 0 Å². The highest BCUT2D eigenvalue weighted by atomic mass is 16.5. The molecule has 5 nitrogen and oxygen atoms in total. The summed E-state index contributed by atoms with van der Waals surface area (Å²) in [6.07, 6.45) is 3.42. The summed E-state index contributed by atoms with van der Waals surface area (Å²) in [4.78, 5) is 21.0. The fraction of sp³-hybridized carbons (Fsp3) is 0.375. The zero-order valence-electron chi connectivity index (χ0n) is 12.7. The lowest BCUT2D eigenvalue weighted by Gasteiger charge is -2.16. The molecular formula is C16H21N3O2. The van der Waals surface area contributed by atoms with Crippen molar-refractivity contribution in [2.75, 3.05) is 13.7 Å². The maximum absolute atomic E-state index is 12.3. The standard InChI is InChI=1S/C16H21N3O2/c1-12(2)11-21-14-6-4-13(5-7-14)16(20)19(3)10-15-17-8-9-18-15/h4-9,12H,10-11H2,1-3H3,(H,17,18). The number of carbonyl (C=O) groups excluding carboxylic acids is 1. The molecule has 21 heavy (non-hydrogen) atoms. The Bertz CT molecular complexity index is 562. The monoisotopic (exact) mass is 287 g/mol. The van der Waals surface area contributed by atoms with Crippen LogP contribution >= 0.6 is 0 Å². The Labute approximate surface area is 125 Å². The van der Waals surface area contributed by atoms with Crippen LogP contribution in [0.1, 0.15) is 30.0 Å². The lowest BCUT2D eigenvalue weighted by Crippen LogP contribution is -2.26. The van der Waals surface area contributed by atoms with Gasteiger partial charge in [-0.1, -0.05) is 13.8 Å². The third-order valence-electron chi connectivity index (χ3n) is 2.97. The highest BCUT2D eigenvalue weighted by Gasteiger charge is 2.13. The third-order valence-corrected chi connectivity index (χ3v) is 2.97. The molecule has 0 aliphatic heterocycles. The van der Waals surface area contributed by atoms with Gasteiger partial charge in [-0.3, -0.25) is 4.79 Å². The molecule has 1 aromatic carbocycles. The molecule has 0 radical (unpaired) electrons. The van der Waals surface area contributed by atoms with Gasteiger partial charge in [-0.25, -0.2) is 4.98 Å². The second kappa shape index (κ2) is 6.92. The minimum absolute atomic E-state index is 0.0400. The first-order valence-electron chi connectivity index (χ1n) is 7.03. The molecule has 1 amide bonds. The Kier molecular flexibility index (Phi) is 4.98. The van der Waals surface area contributed by atoms with Crippen molar-refractivity contribution in [2.45, 2.75) is 20.4 Å². The second-order valence-electron chi connectivity index (χ2n) is 5.43. The van der Waals surface area contributed by atoms with Crippen molar-refractivity contribution in [3.63, 3.8) is 0 Å². The molecule has 1 N–H and O–H groups in total. The van der Waals surface area contributed by atoms with Crippen molar-refractivity contribution in [1.29, 1.82) is 0 Å². The number of benzene rings is 1. The van der Waals surface area contributed by atoms with Gasteiger partial charge in [-0.05, 0) is 30.2 Å². The van der Waals surface area contributed by atoms with Gasteiger partial charge in [0.2, 0.25) is 0 Å². The van der Waals surface area contributed by atoms with Gasteiger partial charge in [0, 0.05) is 25.0 Å². The van der Waals surface area contributed by atoms with Crippen LogP contribution in [0, 0.1) is 5.92 Å². The Morgan fingerprint density at radius 2 is 2.05 bits per heavy atom. The van der Waals surface area contributed by atoms with Crippen molar-refractivity contribution in [2.24, 2.45) is 5.92 Å². The van der Waals surface area contributed by atoms with Gasteiger partial charge in [0.05, 0.1) is 13.2 Å². The zero-order chi connectivity index (χ0) is 15.2. The lowest BCUT2D eigenvalue weighted by atomic mass is 10.2. The lowest BCUT2D eigenvalue weighted by molar-refractivity contribution is 0.0782. The average molecular weight is 287 g/mol. The van der Waals surface area contributed by atoms with Gasteiger partial charge < -0.3 is 14.6 Å². The van der Waals surface area contributed by atoms with Crippen molar-refractivity contribution in [3.05, 3.63) is 48.0 Å². The largest absolute Gasteiger partial charge is 0.493 e. The van der Waals surface area contributed by atoms with E-state index in [0.29, 0.717) is 24.6 Å². The van der Waals surface area contributed by atoms with Gasteiger partial charge in [-0.15, -0.1) is 0 Å². The number of aromatic nitrogens is 2. The van der Waals surface area contributed by atoms with Gasteiger partial charge >= 0.3 is 0 Å². The van der Waals surface area contributed by atoms with Crippen LogP contribution in [0.2, 0.25) is 0 Å². The number of rotatable bonds is 6. The summed E-state index contributed by atoms with van der Waals surface area (Å²) < 4.78 is 5.61. The average Bonchev–Trinajstić information content (AvgIpc) is 2.97. The molecule has 1 aromatic heterocycles. The summed E-state index contributed by atoms with van der Waals surface area (Å²) in [7, 11) is 1.76. The van der Waals surface area contributed by atoms with Crippen LogP contribution in [-0.4, -0.2) is 34.4 Å². The summed E-state index contributed by atoms with van der Waals surface area (Å²) in [6.45, 7) is 5.33. The molecule has 112 valence electrons. The number of imidazole rings is 1. The van der Waals surface area contributed by atoms with E-state index in [0.717, 1.165) is 11.6 Å². The van der Waals surface area contributed by atoms with Crippen molar-refractivity contribution >= 4 is 5.91 Å². The number of H-pyrrole nitrogens is 1. The van der Waals surface area contributed by atoms with Crippen LogP contribution in [0.4, 0.5) is 0 Å². The number of ether oxygens (including phenoxy) is 1. The molecule has 2 aromatic rings. The summed E-state index contributed by atoms with van der Waals surface area (Å²) >= 11 is 0. The van der Waals surface area contributed by atoms with Crippen molar-refractivity contribution < 1.29 is 9.53 Å². The van der Waals surface area contributed by atoms with Crippen LogP contribution < -0.4 is 4.74 Å². The maximum Gasteiger partial charge on any atom is 0.254 e. The van der Waals surface area contributed by atoms with Crippen molar-refractivity contribution in [3.8, 4) is 5.75 Å². The first-order chi connectivity index (χ1) is 10.1. The predicted octanol–water partition coefficient (Wildman–Crippen LogP) is 2.72. The second-order valence-corrected chi connectivity index (χ2v) is 5.43. The van der Waals surface area contributed by atoms with E-state index in [9.17, 15) is 4.79 Å². The minimum Gasteiger partial charge on any atom is -0.493 e. The van der Waals surface area contributed by atoms with E-state index in [-0.39, 0.29) is 5.91 Å². The summed E-state index contributed by atoms with van der Waals surface area (Å²) in [6, 6.07) is 7.24. The van der Waals surface area contributed by atoms with E-state index >= 15 is 0 Å². The fourth-order valence-electron chi connectivity index (χ4n) is 1.86. The maximum atomic E-state index is 12.3. The normalized spacial score (nSPS) is 10.7. The summed E-state index contributed by atoms with van der Waals surface area (Å²) in [5.41, 5.74) is 0.640. The molecule has 0 bridgehead atoms. The van der Waals surface area contributed by atoms with Crippen LogP contribution in [0.25, 0.3) is 0 Å². The summed E-state index contributed by atoms with van der Waals surface area (Å²) in [5, 5.41) is 0. The molecule has 0 atom stereocenters. The van der Waals surface area contributed by atoms with E-state index in [1.807, 2.05) is 12.1 Å². The first kappa shape index (κ1) is 15.1. The molecule has 0 saturated carbocycles. The Balaban J connectivity index is 1.95. The Hall–Kier alpha value is -2.30. The molecule has 0 saturated heterocycles. The highest BCUT2D eigenvalue weighted by Crippen LogP contribution is 2.15. The molecule has 0 aliphatic carbocycles. The topological polar surface area (TPSA) is 58.2 Å². The number of hydrogen-bond donors (Lipinski definition) is 1. The van der Waals surface area contributed by atoms with Crippen LogP contribution in [0.15, 0.2) is 36.7 Å². The number of hydrogen-bond acceptors (Lipinski definition) is 3. The van der Waals surface area contributed by atoms with E-state index < -0.39 is 0 Å². The first-order valence-corrected chi connectivity index (χ1v) is 7.03. The highest BCUT2D eigenvalue weighted by molar-refractivity contribution is 5.94. The molecule has 0 unspecified atom stereocenters. The van der Waals surface area contributed by atoms with Crippen LogP contribution in [-0.2, 0) is 6.54 Å². The van der Waals surface area contributed by atoms with E-state index in [1.54, 1.807) is 36.5 Å². The molecule has 0 aliphatic rings. The van der Waals surface area contributed by atoms with Gasteiger partial charge in [0.15, 0.2) is 0 Å². The van der Waals surface area contributed by atoms with Gasteiger partial charge in [0.25, 0.3) is 5.91 Å².